The molecule has 0 aromatic heterocycles. The van der Waals surface area contributed by atoms with E-state index >= 15 is 0 Å². The number of hydrogen-bond acceptors (Lipinski definition) is 2. The van der Waals surface area contributed by atoms with Crippen molar-refractivity contribution in [2.75, 3.05) is 0 Å². The molecule has 2 radical (unpaired) electrons. The Labute approximate surface area is 96.6 Å². The zero-order valence-electron chi connectivity index (χ0n) is 8.88. The minimum Gasteiger partial charge on any atom is -0.504 e. The number of phenols is 2. The molecule has 2 aromatic rings. The average Bonchev–Trinajstić information content (AvgIpc) is 2.35. The van der Waals surface area contributed by atoms with Crippen LogP contribution in [0.5, 0.6) is 11.5 Å². The normalized spacial score (nSPS) is 9.00. The van der Waals surface area contributed by atoms with Gasteiger partial charge in [0.2, 0.25) is 0 Å². The standard InChI is InChI=1S/C7H7B.C6H6O2/c8-6-7-4-2-1-3-5-7;7-5-3-1-2-4-6(5)8/h1-5H,6H2;1-4,7-8H. The van der Waals surface area contributed by atoms with Crippen molar-refractivity contribution < 1.29 is 10.2 Å². The van der Waals surface area contributed by atoms with Gasteiger partial charge in [0, 0.05) is 0 Å². The van der Waals surface area contributed by atoms with Gasteiger partial charge in [0.15, 0.2) is 11.5 Å². The second-order valence-corrected chi connectivity index (χ2v) is 3.18. The molecule has 2 N–H and O–H groups in total. The Balaban J connectivity index is 0.000000160. The molecule has 0 saturated carbocycles. The van der Waals surface area contributed by atoms with Gasteiger partial charge < -0.3 is 10.2 Å². The summed E-state index contributed by atoms with van der Waals surface area (Å²) in [4.78, 5) is 0. The van der Waals surface area contributed by atoms with Crippen LogP contribution in [0.2, 0.25) is 0 Å². The molecule has 0 spiro atoms. The van der Waals surface area contributed by atoms with Crippen LogP contribution in [0.25, 0.3) is 0 Å². The first-order chi connectivity index (χ1) is 7.74. The third kappa shape index (κ3) is 4.09. The van der Waals surface area contributed by atoms with Crippen LogP contribution in [0.3, 0.4) is 0 Å². The first-order valence-corrected chi connectivity index (χ1v) is 4.95. The van der Waals surface area contributed by atoms with Crippen molar-refractivity contribution in [2.45, 2.75) is 6.32 Å². The van der Waals surface area contributed by atoms with Gasteiger partial charge in [0.1, 0.15) is 0 Å². The Morgan fingerprint density at radius 2 is 1.19 bits per heavy atom. The molecule has 2 rings (SSSR count). The molecule has 0 amide bonds. The van der Waals surface area contributed by atoms with Crippen molar-refractivity contribution in [3.63, 3.8) is 0 Å². The largest absolute Gasteiger partial charge is 0.504 e. The van der Waals surface area contributed by atoms with Crippen LogP contribution in [0.1, 0.15) is 5.56 Å². The van der Waals surface area contributed by atoms with E-state index in [0.717, 1.165) is 0 Å². The Morgan fingerprint density at radius 3 is 1.50 bits per heavy atom. The van der Waals surface area contributed by atoms with Gasteiger partial charge in [-0.1, -0.05) is 54.3 Å². The summed E-state index contributed by atoms with van der Waals surface area (Å²) < 4.78 is 0. The highest BCUT2D eigenvalue weighted by Crippen LogP contribution is 2.21. The van der Waals surface area contributed by atoms with E-state index in [2.05, 4.69) is 0 Å². The smallest absolute Gasteiger partial charge is 0.157 e. The maximum absolute atomic E-state index is 8.67. The number of hydrogen-bond donors (Lipinski definition) is 2. The van der Waals surface area contributed by atoms with Crippen LogP contribution in [0.15, 0.2) is 54.6 Å². The summed E-state index contributed by atoms with van der Waals surface area (Å²) in [5.74, 6) is -0.153. The van der Waals surface area contributed by atoms with Gasteiger partial charge in [0.25, 0.3) is 0 Å². The van der Waals surface area contributed by atoms with Gasteiger partial charge in [0.05, 0.1) is 7.85 Å². The molecule has 80 valence electrons. The van der Waals surface area contributed by atoms with Crippen molar-refractivity contribution in [2.24, 2.45) is 0 Å². The predicted molar refractivity (Wildman–Crippen MR) is 65.7 cm³/mol. The second-order valence-electron chi connectivity index (χ2n) is 3.18. The van der Waals surface area contributed by atoms with Crippen molar-refractivity contribution >= 4 is 7.85 Å². The van der Waals surface area contributed by atoms with E-state index in [1.165, 1.54) is 17.7 Å². The lowest BCUT2D eigenvalue weighted by Gasteiger charge is -1.91. The minimum absolute atomic E-state index is 0.0764. The Kier molecular flexibility index (Phi) is 4.99. The monoisotopic (exact) mass is 212 g/mol. The summed E-state index contributed by atoms with van der Waals surface area (Å²) in [5.41, 5.74) is 1.19. The van der Waals surface area contributed by atoms with E-state index in [-0.39, 0.29) is 11.5 Å². The molecular weight excluding hydrogens is 199 g/mol. The summed E-state index contributed by atoms with van der Waals surface area (Å²) in [7, 11) is 5.35. The van der Waals surface area contributed by atoms with E-state index in [9.17, 15) is 0 Å². The fourth-order valence-electron chi connectivity index (χ4n) is 1.08. The highest BCUT2D eigenvalue weighted by Gasteiger charge is 1.90. The van der Waals surface area contributed by atoms with E-state index in [1.807, 2.05) is 30.3 Å². The number of benzene rings is 2. The van der Waals surface area contributed by atoms with Gasteiger partial charge in [-0.2, -0.15) is 0 Å². The van der Waals surface area contributed by atoms with Crippen LogP contribution in [-0.4, -0.2) is 18.1 Å². The zero-order valence-corrected chi connectivity index (χ0v) is 8.88. The van der Waals surface area contributed by atoms with Crippen LogP contribution in [-0.2, 0) is 6.32 Å². The van der Waals surface area contributed by atoms with Gasteiger partial charge in [-0.15, -0.1) is 0 Å². The van der Waals surface area contributed by atoms with Crippen molar-refractivity contribution in [1.82, 2.24) is 0 Å². The third-order valence-corrected chi connectivity index (χ3v) is 1.96. The van der Waals surface area contributed by atoms with Gasteiger partial charge in [-0.3, -0.25) is 0 Å². The molecule has 16 heavy (non-hydrogen) atoms. The lowest BCUT2D eigenvalue weighted by molar-refractivity contribution is 0.404. The van der Waals surface area contributed by atoms with Gasteiger partial charge in [-0.05, 0) is 12.1 Å². The summed E-state index contributed by atoms with van der Waals surface area (Å²) in [6.45, 7) is 0. The summed E-state index contributed by atoms with van der Waals surface area (Å²) in [5, 5.41) is 17.3. The summed E-state index contributed by atoms with van der Waals surface area (Å²) in [6, 6.07) is 16.1. The van der Waals surface area contributed by atoms with Crippen molar-refractivity contribution in [3.8, 4) is 11.5 Å². The van der Waals surface area contributed by atoms with Crippen LogP contribution in [0, 0.1) is 0 Å². The van der Waals surface area contributed by atoms with Crippen molar-refractivity contribution in [1.29, 1.82) is 0 Å². The lowest BCUT2D eigenvalue weighted by atomic mass is 9.97. The molecule has 0 aliphatic carbocycles. The SMILES string of the molecule is Oc1ccccc1O.[B]Cc1ccccc1. The fourth-order valence-corrected chi connectivity index (χ4v) is 1.08. The molecule has 0 unspecified atom stereocenters. The maximum Gasteiger partial charge on any atom is 0.157 e. The molecule has 0 fully saturated rings. The van der Waals surface area contributed by atoms with Crippen molar-refractivity contribution in [3.05, 3.63) is 60.2 Å². The number of para-hydroxylation sites is 2. The molecule has 0 heterocycles. The molecular formula is C13H13BO2. The lowest BCUT2D eigenvalue weighted by Crippen LogP contribution is -1.78. The van der Waals surface area contributed by atoms with Gasteiger partial charge >= 0.3 is 0 Å². The topological polar surface area (TPSA) is 40.5 Å². The van der Waals surface area contributed by atoms with E-state index in [4.69, 9.17) is 18.1 Å². The minimum atomic E-state index is -0.0764. The van der Waals surface area contributed by atoms with Gasteiger partial charge in [-0.25, -0.2) is 0 Å². The molecule has 2 aromatic carbocycles. The average molecular weight is 212 g/mol. The summed E-state index contributed by atoms with van der Waals surface area (Å²) in [6.07, 6.45) is 0.640. The highest BCUT2D eigenvalue weighted by molar-refractivity contribution is 6.08. The first kappa shape index (κ1) is 12.2. The predicted octanol–water partition coefficient (Wildman–Crippen LogP) is 2.45. The van der Waals surface area contributed by atoms with E-state index in [0.29, 0.717) is 6.32 Å². The molecule has 2 nitrogen and oxygen atoms in total. The van der Waals surface area contributed by atoms with E-state index in [1.54, 1.807) is 12.1 Å². The Hall–Kier alpha value is -1.90. The van der Waals surface area contributed by atoms with Crippen LogP contribution in [0.4, 0.5) is 0 Å². The number of aromatic hydroxyl groups is 2. The molecule has 0 saturated heterocycles. The molecule has 0 bridgehead atoms. The summed E-state index contributed by atoms with van der Waals surface area (Å²) >= 11 is 0. The van der Waals surface area contributed by atoms with Crippen LogP contribution < -0.4 is 0 Å². The molecule has 0 atom stereocenters. The Bertz CT molecular complexity index is 394. The van der Waals surface area contributed by atoms with E-state index < -0.39 is 0 Å². The first-order valence-electron chi connectivity index (χ1n) is 4.95. The number of phenolic OH excluding ortho intramolecular Hbond substituents is 2. The fraction of sp³-hybridized carbons (Fsp3) is 0.0769. The molecule has 0 aliphatic heterocycles. The third-order valence-electron chi connectivity index (χ3n) is 1.96. The Morgan fingerprint density at radius 1 is 0.750 bits per heavy atom. The van der Waals surface area contributed by atoms with Crippen LogP contribution >= 0.6 is 0 Å². The second kappa shape index (κ2) is 6.56. The zero-order chi connectivity index (χ0) is 11.8. The highest BCUT2D eigenvalue weighted by atomic mass is 16.3. The maximum atomic E-state index is 8.67. The number of rotatable bonds is 1. The molecule has 3 heteroatoms. The quantitative estimate of drug-likeness (QED) is 0.563. The molecule has 0 aliphatic rings.